The smallest absolute Gasteiger partial charge is 0.262 e. The van der Waals surface area contributed by atoms with Crippen LogP contribution in [-0.2, 0) is 4.79 Å². The fourth-order valence-corrected chi connectivity index (χ4v) is 2.01. The van der Waals surface area contributed by atoms with Gasteiger partial charge in [0.05, 0.1) is 5.69 Å². The van der Waals surface area contributed by atoms with Crippen LogP contribution in [0.15, 0.2) is 52.9 Å². The van der Waals surface area contributed by atoms with Gasteiger partial charge in [-0.25, -0.2) is 4.98 Å². The van der Waals surface area contributed by atoms with Crippen LogP contribution < -0.4 is 10.1 Å². The van der Waals surface area contributed by atoms with Gasteiger partial charge >= 0.3 is 0 Å². The van der Waals surface area contributed by atoms with E-state index in [0.29, 0.717) is 28.4 Å². The number of fused-ring (bicyclic) bond motifs is 1. The molecule has 1 aromatic heterocycles. The monoisotopic (exact) mass is 282 g/mol. The van der Waals surface area contributed by atoms with E-state index in [9.17, 15) is 4.79 Å². The van der Waals surface area contributed by atoms with Gasteiger partial charge in [0, 0.05) is 6.92 Å². The lowest BCUT2D eigenvalue weighted by atomic mass is 10.3. The van der Waals surface area contributed by atoms with Crippen molar-refractivity contribution in [2.75, 3.05) is 11.9 Å². The molecular formula is C16H14N2O3. The highest BCUT2D eigenvalue weighted by Crippen LogP contribution is 2.23. The van der Waals surface area contributed by atoms with E-state index < -0.39 is 0 Å². The third-order valence-corrected chi connectivity index (χ3v) is 2.91. The molecule has 21 heavy (non-hydrogen) atoms. The number of oxazole rings is 1. The van der Waals surface area contributed by atoms with Crippen LogP contribution in [0.3, 0.4) is 0 Å². The van der Waals surface area contributed by atoms with Gasteiger partial charge in [-0.2, -0.15) is 0 Å². The van der Waals surface area contributed by atoms with E-state index in [1.54, 1.807) is 31.2 Å². The highest BCUT2D eigenvalue weighted by atomic mass is 16.5. The molecule has 0 saturated carbocycles. The minimum Gasteiger partial charge on any atom is -0.484 e. The van der Waals surface area contributed by atoms with Crippen LogP contribution in [0.2, 0.25) is 0 Å². The number of carbonyl (C=O) groups excluding carboxylic acids is 1. The van der Waals surface area contributed by atoms with Crippen molar-refractivity contribution < 1.29 is 13.9 Å². The summed E-state index contributed by atoms with van der Waals surface area (Å²) in [5.74, 6) is 0.974. The third kappa shape index (κ3) is 3.02. The minimum atomic E-state index is -0.244. The molecule has 0 aliphatic rings. The van der Waals surface area contributed by atoms with Crippen molar-refractivity contribution >= 4 is 22.7 Å². The summed E-state index contributed by atoms with van der Waals surface area (Å²) >= 11 is 0. The Morgan fingerprint density at radius 2 is 2.00 bits per heavy atom. The van der Waals surface area contributed by atoms with Crippen molar-refractivity contribution in [3.05, 3.63) is 54.4 Å². The maximum Gasteiger partial charge on any atom is 0.262 e. The Labute approximate surface area is 121 Å². The predicted molar refractivity (Wildman–Crippen MR) is 79.3 cm³/mol. The Hall–Kier alpha value is -2.82. The SMILES string of the molecule is Cc1nc2c(NC(=O)COc3ccccc3)cccc2o1. The number of rotatable bonds is 4. The average Bonchev–Trinajstić information content (AvgIpc) is 2.88. The summed E-state index contributed by atoms with van der Waals surface area (Å²) in [6, 6.07) is 14.6. The number of amides is 1. The summed E-state index contributed by atoms with van der Waals surface area (Å²) in [5.41, 5.74) is 1.91. The van der Waals surface area contributed by atoms with Crippen LogP contribution in [-0.4, -0.2) is 17.5 Å². The van der Waals surface area contributed by atoms with E-state index in [4.69, 9.17) is 9.15 Å². The van der Waals surface area contributed by atoms with Crippen LogP contribution in [0.1, 0.15) is 5.89 Å². The van der Waals surface area contributed by atoms with Gasteiger partial charge < -0.3 is 14.5 Å². The summed E-state index contributed by atoms with van der Waals surface area (Å²) < 4.78 is 10.8. The fourth-order valence-electron chi connectivity index (χ4n) is 2.01. The molecule has 106 valence electrons. The van der Waals surface area contributed by atoms with Gasteiger partial charge in [0.15, 0.2) is 18.1 Å². The topological polar surface area (TPSA) is 64.4 Å². The van der Waals surface area contributed by atoms with Crippen molar-refractivity contribution in [2.24, 2.45) is 0 Å². The van der Waals surface area contributed by atoms with Crippen molar-refractivity contribution in [3.63, 3.8) is 0 Å². The molecule has 0 aliphatic carbocycles. The summed E-state index contributed by atoms with van der Waals surface area (Å²) in [6.45, 7) is 1.71. The lowest BCUT2D eigenvalue weighted by Crippen LogP contribution is -2.20. The Morgan fingerprint density at radius 3 is 2.81 bits per heavy atom. The number of aromatic nitrogens is 1. The molecule has 5 heteroatoms. The molecule has 3 aromatic rings. The van der Waals surface area contributed by atoms with Crippen LogP contribution in [0, 0.1) is 6.92 Å². The number of para-hydroxylation sites is 2. The number of carbonyl (C=O) groups is 1. The maximum absolute atomic E-state index is 11.9. The molecule has 0 radical (unpaired) electrons. The predicted octanol–water partition coefficient (Wildman–Crippen LogP) is 3.15. The number of aryl methyl sites for hydroxylation is 1. The van der Waals surface area contributed by atoms with Crippen molar-refractivity contribution in [1.82, 2.24) is 4.98 Å². The van der Waals surface area contributed by atoms with Crippen molar-refractivity contribution in [3.8, 4) is 5.75 Å². The largest absolute Gasteiger partial charge is 0.484 e. The number of ether oxygens (including phenoxy) is 1. The van der Waals surface area contributed by atoms with E-state index in [0.717, 1.165) is 0 Å². The normalized spacial score (nSPS) is 10.5. The second kappa shape index (κ2) is 5.66. The number of benzene rings is 2. The standard InChI is InChI=1S/C16H14N2O3/c1-11-17-16-13(8-5-9-14(16)21-11)18-15(19)10-20-12-6-3-2-4-7-12/h2-9H,10H2,1H3,(H,18,19). The second-order valence-corrected chi connectivity index (χ2v) is 4.54. The summed E-state index contributed by atoms with van der Waals surface area (Å²) in [7, 11) is 0. The number of nitrogens with zero attached hydrogens (tertiary/aromatic N) is 1. The first-order valence-electron chi connectivity index (χ1n) is 6.56. The number of anilines is 1. The van der Waals surface area contributed by atoms with Gasteiger partial charge in [-0.3, -0.25) is 4.79 Å². The third-order valence-electron chi connectivity index (χ3n) is 2.91. The first-order chi connectivity index (χ1) is 10.2. The zero-order chi connectivity index (χ0) is 14.7. The summed E-state index contributed by atoms with van der Waals surface area (Å²) in [5, 5.41) is 2.78. The van der Waals surface area contributed by atoms with Crippen LogP contribution in [0.5, 0.6) is 5.75 Å². The molecule has 0 saturated heterocycles. The Balaban J connectivity index is 1.69. The number of nitrogens with one attached hydrogen (secondary N) is 1. The van der Waals surface area contributed by atoms with E-state index in [-0.39, 0.29) is 12.5 Å². The molecule has 1 heterocycles. The molecule has 0 bridgehead atoms. The molecule has 0 spiro atoms. The Morgan fingerprint density at radius 1 is 1.19 bits per heavy atom. The zero-order valence-electron chi connectivity index (χ0n) is 11.5. The average molecular weight is 282 g/mol. The molecule has 0 atom stereocenters. The number of hydrogen-bond acceptors (Lipinski definition) is 4. The van der Waals surface area contributed by atoms with Gasteiger partial charge in [-0.1, -0.05) is 24.3 Å². The van der Waals surface area contributed by atoms with Gasteiger partial charge in [0.25, 0.3) is 5.91 Å². The number of hydrogen-bond donors (Lipinski definition) is 1. The van der Waals surface area contributed by atoms with Crippen LogP contribution >= 0.6 is 0 Å². The van der Waals surface area contributed by atoms with Crippen molar-refractivity contribution in [1.29, 1.82) is 0 Å². The second-order valence-electron chi connectivity index (χ2n) is 4.54. The van der Waals surface area contributed by atoms with E-state index in [2.05, 4.69) is 10.3 Å². The minimum absolute atomic E-state index is 0.0583. The highest BCUT2D eigenvalue weighted by Gasteiger charge is 2.10. The molecule has 3 rings (SSSR count). The van der Waals surface area contributed by atoms with Gasteiger partial charge in [-0.05, 0) is 24.3 Å². The quantitative estimate of drug-likeness (QED) is 0.798. The molecule has 1 N–H and O–H groups in total. The Bertz CT molecular complexity index is 766. The molecule has 1 amide bonds. The van der Waals surface area contributed by atoms with Crippen molar-refractivity contribution in [2.45, 2.75) is 6.92 Å². The lowest BCUT2D eigenvalue weighted by molar-refractivity contribution is -0.118. The van der Waals surface area contributed by atoms with Crippen LogP contribution in [0.25, 0.3) is 11.1 Å². The first-order valence-corrected chi connectivity index (χ1v) is 6.56. The van der Waals surface area contributed by atoms with Gasteiger partial charge in [0.1, 0.15) is 11.3 Å². The molecule has 0 aliphatic heterocycles. The fraction of sp³-hybridized carbons (Fsp3) is 0.125. The maximum atomic E-state index is 11.9. The zero-order valence-corrected chi connectivity index (χ0v) is 11.5. The highest BCUT2D eigenvalue weighted by molar-refractivity contribution is 5.99. The summed E-state index contributed by atoms with van der Waals surface area (Å²) in [6.07, 6.45) is 0. The first kappa shape index (κ1) is 13.2. The molecule has 2 aromatic carbocycles. The van der Waals surface area contributed by atoms with E-state index in [1.165, 1.54) is 0 Å². The van der Waals surface area contributed by atoms with E-state index in [1.807, 2.05) is 24.3 Å². The Kier molecular flexibility index (Phi) is 3.55. The van der Waals surface area contributed by atoms with Crippen LogP contribution in [0.4, 0.5) is 5.69 Å². The van der Waals surface area contributed by atoms with E-state index >= 15 is 0 Å². The molecule has 0 fully saturated rings. The molecular weight excluding hydrogens is 268 g/mol. The molecule has 0 unspecified atom stereocenters. The molecule has 5 nitrogen and oxygen atoms in total. The summed E-state index contributed by atoms with van der Waals surface area (Å²) in [4.78, 5) is 16.2. The van der Waals surface area contributed by atoms with Gasteiger partial charge in [-0.15, -0.1) is 0 Å². The lowest BCUT2D eigenvalue weighted by Gasteiger charge is -2.07. The van der Waals surface area contributed by atoms with Gasteiger partial charge in [0.2, 0.25) is 0 Å².